The lowest BCUT2D eigenvalue weighted by Gasteiger charge is -2.18. The largest absolute Gasteiger partial charge is 0.462 e. The predicted octanol–water partition coefficient (Wildman–Crippen LogP) is 17.1. The topological polar surface area (TPSA) is 78.9 Å². The van der Waals surface area contributed by atoms with Gasteiger partial charge in [0.05, 0.1) is 0 Å². The Hall–Kier alpha value is -2.63. The number of hydrogen-bond donors (Lipinski definition) is 0. The molecule has 0 unspecified atom stereocenters. The Balaban J connectivity index is 4.40. The van der Waals surface area contributed by atoms with E-state index in [4.69, 9.17) is 14.2 Å². The van der Waals surface area contributed by atoms with Gasteiger partial charge in [0.2, 0.25) is 0 Å². The molecule has 0 aliphatic rings. The summed E-state index contributed by atoms with van der Waals surface area (Å²) >= 11 is 0. The standard InChI is InChI=1S/C55H98O6/c1-4-7-10-13-16-19-22-25-27-30-33-36-39-42-45-48-54(57)60-51-52(50-59-53(56)47-44-41-38-35-32-29-24-21-18-15-12-9-6-3)61-55(58)49-46-43-40-37-34-31-28-26-23-20-17-14-11-8-5-2/h7,10,16,19,25-28,52H,4-6,8-9,11-15,17-18,20-24,29-51H2,1-3H3/b10-7-,19-16-,27-25-,28-26-/t52-/m1/s1. The quantitative estimate of drug-likeness (QED) is 0.0263. The number of carbonyl (C=O) groups excluding carboxylic acids is 3. The minimum Gasteiger partial charge on any atom is -0.462 e. The molecule has 0 heterocycles. The molecule has 0 aliphatic carbocycles. The molecule has 1 atom stereocenters. The zero-order valence-electron chi connectivity index (χ0n) is 40.4. The minimum atomic E-state index is -0.781. The smallest absolute Gasteiger partial charge is 0.306 e. The Bertz CT molecular complexity index is 1070. The second kappa shape index (κ2) is 50.0. The molecule has 0 rings (SSSR count). The van der Waals surface area contributed by atoms with Crippen molar-refractivity contribution >= 4 is 17.9 Å². The summed E-state index contributed by atoms with van der Waals surface area (Å²) in [5.41, 5.74) is 0. The first-order valence-electron chi connectivity index (χ1n) is 26.1. The highest BCUT2D eigenvalue weighted by molar-refractivity contribution is 5.71. The van der Waals surface area contributed by atoms with E-state index in [1.165, 1.54) is 116 Å². The van der Waals surface area contributed by atoms with Crippen LogP contribution in [0.2, 0.25) is 0 Å². The normalized spacial score (nSPS) is 12.4. The molecule has 0 bridgehead atoms. The molecular formula is C55H98O6. The molecule has 61 heavy (non-hydrogen) atoms. The van der Waals surface area contributed by atoms with Crippen molar-refractivity contribution in [3.63, 3.8) is 0 Å². The molecule has 6 nitrogen and oxygen atoms in total. The van der Waals surface area contributed by atoms with Crippen molar-refractivity contribution in [2.45, 2.75) is 271 Å². The molecule has 354 valence electrons. The summed E-state index contributed by atoms with van der Waals surface area (Å²) < 4.78 is 16.8. The highest BCUT2D eigenvalue weighted by Gasteiger charge is 2.19. The van der Waals surface area contributed by atoms with E-state index < -0.39 is 6.10 Å². The zero-order chi connectivity index (χ0) is 44.4. The first-order valence-corrected chi connectivity index (χ1v) is 26.1. The van der Waals surface area contributed by atoms with E-state index in [1.54, 1.807) is 0 Å². The van der Waals surface area contributed by atoms with Gasteiger partial charge in [-0.3, -0.25) is 14.4 Å². The first-order chi connectivity index (χ1) is 30.0. The van der Waals surface area contributed by atoms with Crippen molar-refractivity contribution in [1.82, 2.24) is 0 Å². The van der Waals surface area contributed by atoms with Crippen molar-refractivity contribution in [3.05, 3.63) is 48.6 Å². The van der Waals surface area contributed by atoms with Crippen LogP contribution in [0, 0.1) is 0 Å². The van der Waals surface area contributed by atoms with Crippen LogP contribution in [0.3, 0.4) is 0 Å². The lowest BCUT2D eigenvalue weighted by atomic mass is 10.0. The van der Waals surface area contributed by atoms with E-state index in [0.717, 1.165) is 109 Å². The average molecular weight is 855 g/mol. The van der Waals surface area contributed by atoms with Crippen LogP contribution in [0.25, 0.3) is 0 Å². The molecule has 0 aromatic rings. The highest BCUT2D eigenvalue weighted by atomic mass is 16.6. The first kappa shape index (κ1) is 58.4. The maximum Gasteiger partial charge on any atom is 0.306 e. The van der Waals surface area contributed by atoms with Crippen LogP contribution in [0.15, 0.2) is 48.6 Å². The number of rotatable bonds is 47. The van der Waals surface area contributed by atoms with Gasteiger partial charge in [-0.05, 0) is 77.0 Å². The van der Waals surface area contributed by atoms with Crippen LogP contribution in [0.5, 0.6) is 0 Å². The molecule has 0 saturated heterocycles. The van der Waals surface area contributed by atoms with E-state index in [-0.39, 0.29) is 31.1 Å². The van der Waals surface area contributed by atoms with Gasteiger partial charge in [0, 0.05) is 19.3 Å². The van der Waals surface area contributed by atoms with Crippen LogP contribution < -0.4 is 0 Å². The van der Waals surface area contributed by atoms with E-state index in [9.17, 15) is 14.4 Å². The molecule has 0 spiro atoms. The van der Waals surface area contributed by atoms with Gasteiger partial charge in [0.15, 0.2) is 6.10 Å². The summed E-state index contributed by atoms with van der Waals surface area (Å²) in [4.78, 5) is 38.0. The number of unbranched alkanes of at least 4 members (excludes halogenated alkanes) is 28. The molecule has 0 fully saturated rings. The lowest BCUT2D eigenvalue weighted by Crippen LogP contribution is -2.30. The Morgan fingerprint density at radius 1 is 0.344 bits per heavy atom. The molecule has 0 saturated carbocycles. The number of ether oxygens (including phenoxy) is 3. The Labute approximate surface area is 378 Å². The molecule has 0 N–H and O–H groups in total. The number of allylic oxidation sites excluding steroid dienone is 8. The minimum absolute atomic E-state index is 0.0797. The average Bonchev–Trinajstić information content (AvgIpc) is 3.26. The summed E-state index contributed by atoms with van der Waals surface area (Å²) in [6.45, 7) is 6.51. The maximum absolute atomic E-state index is 12.8. The SMILES string of the molecule is CC/C=C\C/C=C\C/C=C\CCCCCCCC(=O)OC[C@@H](COC(=O)CCCCCCCCCCCCCCC)OC(=O)CCCCCCC/C=C\CCCCCCCC. The molecule has 0 aromatic carbocycles. The Morgan fingerprint density at radius 2 is 0.639 bits per heavy atom. The van der Waals surface area contributed by atoms with E-state index >= 15 is 0 Å². The van der Waals surface area contributed by atoms with Gasteiger partial charge in [-0.25, -0.2) is 0 Å². The van der Waals surface area contributed by atoms with Crippen molar-refractivity contribution in [2.24, 2.45) is 0 Å². The highest BCUT2D eigenvalue weighted by Crippen LogP contribution is 2.15. The van der Waals surface area contributed by atoms with Crippen LogP contribution in [0.4, 0.5) is 0 Å². The molecular weight excluding hydrogens is 757 g/mol. The second-order valence-electron chi connectivity index (χ2n) is 17.4. The van der Waals surface area contributed by atoms with E-state index in [2.05, 4.69) is 69.4 Å². The summed E-state index contributed by atoms with van der Waals surface area (Å²) in [6, 6.07) is 0. The second-order valence-corrected chi connectivity index (χ2v) is 17.4. The molecule has 0 aliphatic heterocycles. The third kappa shape index (κ3) is 48.3. The summed E-state index contributed by atoms with van der Waals surface area (Å²) in [5, 5.41) is 0. The number of carbonyl (C=O) groups is 3. The lowest BCUT2D eigenvalue weighted by molar-refractivity contribution is -0.167. The van der Waals surface area contributed by atoms with Crippen molar-refractivity contribution < 1.29 is 28.6 Å². The fourth-order valence-electron chi connectivity index (χ4n) is 7.39. The fourth-order valence-corrected chi connectivity index (χ4v) is 7.39. The predicted molar refractivity (Wildman–Crippen MR) is 261 cm³/mol. The number of esters is 3. The van der Waals surface area contributed by atoms with Crippen LogP contribution in [-0.4, -0.2) is 37.2 Å². The van der Waals surface area contributed by atoms with Crippen molar-refractivity contribution in [1.29, 1.82) is 0 Å². The Morgan fingerprint density at radius 3 is 1.02 bits per heavy atom. The van der Waals surface area contributed by atoms with E-state index in [1.807, 2.05) is 0 Å². The summed E-state index contributed by atoms with van der Waals surface area (Å²) in [7, 11) is 0. The molecule has 0 aromatic heterocycles. The van der Waals surface area contributed by atoms with Crippen molar-refractivity contribution in [2.75, 3.05) is 13.2 Å². The van der Waals surface area contributed by atoms with Gasteiger partial charge in [-0.1, -0.05) is 217 Å². The number of hydrogen-bond acceptors (Lipinski definition) is 6. The van der Waals surface area contributed by atoms with Gasteiger partial charge < -0.3 is 14.2 Å². The molecule has 0 amide bonds. The van der Waals surface area contributed by atoms with Crippen LogP contribution in [-0.2, 0) is 28.6 Å². The van der Waals surface area contributed by atoms with Gasteiger partial charge in [0.25, 0.3) is 0 Å². The van der Waals surface area contributed by atoms with Crippen molar-refractivity contribution in [3.8, 4) is 0 Å². The van der Waals surface area contributed by atoms with Crippen LogP contribution in [0.1, 0.15) is 265 Å². The van der Waals surface area contributed by atoms with Crippen LogP contribution >= 0.6 is 0 Å². The van der Waals surface area contributed by atoms with Gasteiger partial charge >= 0.3 is 17.9 Å². The van der Waals surface area contributed by atoms with Gasteiger partial charge in [-0.2, -0.15) is 0 Å². The third-order valence-electron chi connectivity index (χ3n) is 11.3. The van der Waals surface area contributed by atoms with Gasteiger partial charge in [-0.15, -0.1) is 0 Å². The zero-order valence-corrected chi connectivity index (χ0v) is 40.4. The third-order valence-corrected chi connectivity index (χ3v) is 11.3. The monoisotopic (exact) mass is 855 g/mol. The summed E-state index contributed by atoms with van der Waals surface area (Å²) in [5.74, 6) is -0.898. The molecule has 0 radical (unpaired) electrons. The summed E-state index contributed by atoms with van der Waals surface area (Å²) in [6.07, 6.45) is 59.5. The van der Waals surface area contributed by atoms with Gasteiger partial charge in [0.1, 0.15) is 13.2 Å². The maximum atomic E-state index is 12.8. The molecule has 6 heteroatoms. The Kier molecular flexibility index (Phi) is 47.9. The van der Waals surface area contributed by atoms with E-state index in [0.29, 0.717) is 19.3 Å². The fraction of sp³-hybridized carbons (Fsp3) is 0.800.